The third-order valence-electron chi connectivity index (χ3n) is 2.59. The second-order valence-corrected chi connectivity index (χ2v) is 3.58. The van der Waals surface area contributed by atoms with E-state index < -0.39 is 0 Å². The third-order valence-corrected chi connectivity index (χ3v) is 2.59. The Kier molecular flexibility index (Phi) is 2.12. The molecule has 0 fully saturated rings. The van der Waals surface area contributed by atoms with Crippen molar-refractivity contribution in [3.8, 4) is 0 Å². The lowest BCUT2D eigenvalue weighted by atomic mass is 10.2. The van der Waals surface area contributed by atoms with Crippen molar-refractivity contribution in [2.24, 2.45) is 0 Å². The summed E-state index contributed by atoms with van der Waals surface area (Å²) in [4.78, 5) is 10.6. The molecule has 0 N–H and O–H groups in total. The van der Waals surface area contributed by atoms with Gasteiger partial charge in [-0.3, -0.25) is 0 Å². The Morgan fingerprint density at radius 3 is 2.86 bits per heavy atom. The minimum Gasteiger partial charge on any atom is -0.338 e. The lowest BCUT2D eigenvalue weighted by Crippen LogP contribution is -2.01. The maximum Gasteiger partial charge on any atom is 0.139 e. The Morgan fingerprint density at radius 1 is 1.36 bits per heavy atom. The van der Waals surface area contributed by atoms with E-state index in [2.05, 4.69) is 29.7 Å². The molecule has 1 aromatic heterocycles. The third kappa shape index (κ3) is 1.23. The molecule has 0 radical (unpaired) electrons. The Morgan fingerprint density at radius 2 is 2.14 bits per heavy atom. The average Bonchev–Trinajstić information content (AvgIpc) is 2.45. The fourth-order valence-corrected chi connectivity index (χ4v) is 1.96. The summed E-state index contributed by atoms with van der Waals surface area (Å²) in [5.74, 6) is 0. The van der Waals surface area contributed by atoms with Crippen molar-refractivity contribution >= 4 is 17.2 Å². The summed E-state index contributed by atoms with van der Waals surface area (Å²) >= 11 is 0. The van der Waals surface area contributed by atoms with Crippen LogP contribution in [0.2, 0.25) is 0 Å². The lowest BCUT2D eigenvalue weighted by molar-refractivity contribution is -0.108. The van der Waals surface area contributed by atoms with Crippen LogP contribution in [0, 0.1) is 13.8 Å². The van der Waals surface area contributed by atoms with Crippen LogP contribution in [0.5, 0.6) is 0 Å². The number of fused-ring (bicyclic) bond motifs is 1. The molecule has 0 aliphatic carbocycles. The molecular formula is C12H13NO. The van der Waals surface area contributed by atoms with Crippen LogP contribution < -0.4 is 0 Å². The van der Waals surface area contributed by atoms with Crippen molar-refractivity contribution in [1.82, 2.24) is 4.57 Å². The van der Waals surface area contributed by atoms with Gasteiger partial charge in [-0.1, -0.05) is 18.2 Å². The van der Waals surface area contributed by atoms with E-state index in [0.717, 1.165) is 12.0 Å². The van der Waals surface area contributed by atoms with E-state index in [0.29, 0.717) is 6.54 Å². The maximum atomic E-state index is 10.6. The first-order chi connectivity index (χ1) is 6.74. The first kappa shape index (κ1) is 9.00. The summed E-state index contributed by atoms with van der Waals surface area (Å²) in [5.41, 5.74) is 3.54. The first-order valence-corrected chi connectivity index (χ1v) is 4.73. The van der Waals surface area contributed by atoms with Gasteiger partial charge in [-0.2, -0.15) is 0 Å². The molecule has 2 nitrogen and oxygen atoms in total. The fraction of sp³-hybridized carbons (Fsp3) is 0.250. The van der Waals surface area contributed by atoms with Crippen molar-refractivity contribution in [3.05, 3.63) is 35.5 Å². The van der Waals surface area contributed by atoms with E-state index in [-0.39, 0.29) is 0 Å². The molecule has 72 valence electrons. The quantitative estimate of drug-likeness (QED) is 0.662. The van der Waals surface area contributed by atoms with Gasteiger partial charge >= 0.3 is 0 Å². The van der Waals surface area contributed by atoms with Gasteiger partial charge in [0.15, 0.2) is 0 Å². The molecule has 0 amide bonds. The summed E-state index contributed by atoms with van der Waals surface area (Å²) in [6.45, 7) is 4.55. The molecule has 1 heterocycles. The van der Waals surface area contributed by atoms with Gasteiger partial charge in [0.2, 0.25) is 0 Å². The number of carbonyl (C=O) groups is 1. The highest BCUT2D eigenvalue weighted by Gasteiger charge is 2.06. The van der Waals surface area contributed by atoms with Gasteiger partial charge in [0.1, 0.15) is 6.29 Å². The van der Waals surface area contributed by atoms with E-state index in [1.807, 2.05) is 13.0 Å². The molecule has 2 rings (SSSR count). The number of benzene rings is 1. The van der Waals surface area contributed by atoms with Crippen LogP contribution in [-0.2, 0) is 11.3 Å². The van der Waals surface area contributed by atoms with Crippen molar-refractivity contribution in [2.45, 2.75) is 20.4 Å². The van der Waals surface area contributed by atoms with Crippen LogP contribution in [0.15, 0.2) is 24.3 Å². The molecule has 2 aromatic rings. The second kappa shape index (κ2) is 3.29. The zero-order valence-electron chi connectivity index (χ0n) is 8.45. The first-order valence-electron chi connectivity index (χ1n) is 4.73. The molecule has 14 heavy (non-hydrogen) atoms. The number of rotatable bonds is 2. The smallest absolute Gasteiger partial charge is 0.139 e. The molecule has 0 aliphatic rings. The van der Waals surface area contributed by atoms with Gasteiger partial charge in [0.05, 0.1) is 12.1 Å². The number of hydrogen-bond acceptors (Lipinski definition) is 1. The normalized spacial score (nSPS) is 10.7. The largest absolute Gasteiger partial charge is 0.338 e. The average molecular weight is 187 g/mol. The monoisotopic (exact) mass is 187 g/mol. The minimum atomic E-state index is 0.445. The highest BCUT2D eigenvalue weighted by molar-refractivity contribution is 5.84. The molecule has 0 aliphatic heterocycles. The number of nitrogens with zero attached hydrogens (tertiary/aromatic N) is 1. The van der Waals surface area contributed by atoms with E-state index in [1.165, 1.54) is 16.5 Å². The SMILES string of the molecule is Cc1cccc2cc(C)n(CC=O)c12. The van der Waals surface area contributed by atoms with Crippen LogP contribution in [0.1, 0.15) is 11.3 Å². The Hall–Kier alpha value is -1.57. The van der Waals surface area contributed by atoms with Crippen molar-refractivity contribution in [2.75, 3.05) is 0 Å². The van der Waals surface area contributed by atoms with Gasteiger partial charge in [-0.15, -0.1) is 0 Å². The van der Waals surface area contributed by atoms with E-state index >= 15 is 0 Å². The molecule has 0 saturated heterocycles. The molecule has 0 unspecified atom stereocenters. The van der Waals surface area contributed by atoms with Crippen molar-refractivity contribution in [3.63, 3.8) is 0 Å². The van der Waals surface area contributed by atoms with Crippen molar-refractivity contribution in [1.29, 1.82) is 0 Å². The lowest BCUT2D eigenvalue weighted by Gasteiger charge is -2.05. The summed E-state index contributed by atoms with van der Waals surface area (Å²) in [7, 11) is 0. The Bertz CT molecular complexity index is 482. The zero-order valence-corrected chi connectivity index (χ0v) is 8.45. The number of aryl methyl sites for hydroxylation is 2. The summed E-state index contributed by atoms with van der Waals surface area (Å²) < 4.78 is 2.05. The van der Waals surface area contributed by atoms with Gasteiger partial charge in [-0.25, -0.2) is 0 Å². The van der Waals surface area contributed by atoms with E-state index in [9.17, 15) is 4.79 Å². The summed E-state index contributed by atoms with van der Waals surface area (Å²) in [6, 6.07) is 8.31. The van der Waals surface area contributed by atoms with Crippen LogP contribution in [0.4, 0.5) is 0 Å². The van der Waals surface area contributed by atoms with Crippen LogP contribution >= 0.6 is 0 Å². The molecular weight excluding hydrogens is 174 g/mol. The molecule has 2 heteroatoms. The maximum absolute atomic E-state index is 10.6. The predicted octanol–water partition coefficient (Wildman–Crippen LogP) is 2.46. The standard InChI is InChI=1S/C12H13NO/c1-9-4-3-5-11-8-10(2)13(6-7-14)12(9)11/h3-5,7-8H,6H2,1-2H3. The Labute approximate surface area is 83.2 Å². The topological polar surface area (TPSA) is 22.0 Å². The second-order valence-electron chi connectivity index (χ2n) is 3.58. The van der Waals surface area contributed by atoms with Crippen LogP contribution in [-0.4, -0.2) is 10.9 Å². The number of aldehydes is 1. The van der Waals surface area contributed by atoms with Gasteiger partial charge in [-0.05, 0) is 25.5 Å². The van der Waals surface area contributed by atoms with Crippen molar-refractivity contribution < 1.29 is 4.79 Å². The molecule has 0 saturated carbocycles. The zero-order chi connectivity index (χ0) is 10.1. The van der Waals surface area contributed by atoms with E-state index in [4.69, 9.17) is 0 Å². The number of para-hydroxylation sites is 1. The highest BCUT2D eigenvalue weighted by Crippen LogP contribution is 2.22. The number of hydrogen-bond donors (Lipinski definition) is 0. The summed E-state index contributed by atoms with van der Waals surface area (Å²) in [6.07, 6.45) is 0.943. The van der Waals surface area contributed by atoms with Gasteiger partial charge in [0.25, 0.3) is 0 Å². The fourth-order valence-electron chi connectivity index (χ4n) is 1.96. The van der Waals surface area contributed by atoms with Crippen LogP contribution in [0.25, 0.3) is 10.9 Å². The predicted molar refractivity (Wildman–Crippen MR) is 57.5 cm³/mol. The molecule has 0 bridgehead atoms. The molecule has 1 aromatic carbocycles. The summed E-state index contributed by atoms with van der Waals surface area (Å²) in [5, 5.41) is 1.21. The van der Waals surface area contributed by atoms with Crippen LogP contribution in [0.3, 0.4) is 0 Å². The molecule has 0 atom stereocenters. The Balaban J connectivity index is 2.79. The highest BCUT2D eigenvalue weighted by atomic mass is 16.1. The number of aromatic nitrogens is 1. The van der Waals surface area contributed by atoms with E-state index in [1.54, 1.807) is 0 Å². The van der Waals surface area contributed by atoms with Gasteiger partial charge < -0.3 is 9.36 Å². The molecule has 0 spiro atoms. The number of carbonyl (C=O) groups excluding carboxylic acids is 1. The minimum absolute atomic E-state index is 0.445. The van der Waals surface area contributed by atoms with Gasteiger partial charge in [0, 0.05) is 11.1 Å².